The van der Waals surface area contributed by atoms with Crippen LogP contribution in [0.1, 0.15) is 28.9 Å². The van der Waals surface area contributed by atoms with Crippen LogP contribution in [0.3, 0.4) is 0 Å². The highest BCUT2D eigenvalue weighted by atomic mass is 32.1. The van der Waals surface area contributed by atoms with E-state index in [9.17, 15) is 14.4 Å². The molecule has 0 bridgehead atoms. The van der Waals surface area contributed by atoms with Crippen LogP contribution in [0.25, 0.3) is 0 Å². The van der Waals surface area contributed by atoms with Gasteiger partial charge in [-0.25, -0.2) is 4.79 Å². The van der Waals surface area contributed by atoms with E-state index in [1.807, 2.05) is 45.5 Å². The van der Waals surface area contributed by atoms with Gasteiger partial charge in [0.1, 0.15) is 5.75 Å². The van der Waals surface area contributed by atoms with E-state index in [1.165, 1.54) is 11.3 Å². The number of anilines is 1. The Morgan fingerprint density at radius 2 is 1.75 bits per heavy atom. The summed E-state index contributed by atoms with van der Waals surface area (Å²) in [5.41, 5.74) is 0.705. The molecule has 0 aliphatic carbocycles. The van der Waals surface area contributed by atoms with Gasteiger partial charge in [-0.3, -0.25) is 9.59 Å². The monoisotopic (exact) mass is 456 g/mol. The fourth-order valence-electron chi connectivity index (χ4n) is 4.45. The number of rotatable bonds is 5. The van der Waals surface area contributed by atoms with E-state index >= 15 is 0 Å². The Bertz CT molecular complexity index is 970. The summed E-state index contributed by atoms with van der Waals surface area (Å²) in [5.74, 6) is 0.366. The first-order chi connectivity index (χ1) is 15.5. The summed E-state index contributed by atoms with van der Waals surface area (Å²) >= 11 is 1.36. The molecule has 2 aliphatic rings. The number of ether oxygens (including phenoxy) is 1. The third-order valence-electron chi connectivity index (χ3n) is 6.40. The van der Waals surface area contributed by atoms with Crippen LogP contribution in [0.2, 0.25) is 0 Å². The number of piperidine rings is 1. The predicted molar refractivity (Wildman–Crippen MR) is 123 cm³/mol. The zero-order chi connectivity index (χ0) is 22.6. The minimum atomic E-state index is -0.211. The highest BCUT2D eigenvalue weighted by Crippen LogP contribution is 2.40. The van der Waals surface area contributed by atoms with Crippen molar-refractivity contribution in [2.75, 3.05) is 45.2 Å². The van der Waals surface area contributed by atoms with Crippen LogP contribution in [0.15, 0.2) is 41.8 Å². The molecule has 2 saturated heterocycles. The number of nitrogens with zero attached hydrogens (tertiary/aromatic N) is 2. The Kier molecular flexibility index (Phi) is 6.64. The molecule has 4 amide bonds. The van der Waals surface area contributed by atoms with Crippen molar-refractivity contribution in [1.82, 2.24) is 15.1 Å². The lowest BCUT2D eigenvalue weighted by atomic mass is 9.78. The van der Waals surface area contributed by atoms with Gasteiger partial charge < -0.3 is 25.2 Å². The molecule has 170 valence electrons. The Hall–Kier alpha value is -3.07. The summed E-state index contributed by atoms with van der Waals surface area (Å²) in [7, 11) is 1.58. The maximum absolute atomic E-state index is 12.7. The van der Waals surface area contributed by atoms with Crippen LogP contribution in [0.5, 0.6) is 5.75 Å². The van der Waals surface area contributed by atoms with Gasteiger partial charge in [0, 0.05) is 26.2 Å². The lowest BCUT2D eigenvalue weighted by Gasteiger charge is -2.39. The highest BCUT2D eigenvalue weighted by molar-refractivity contribution is 7.12. The van der Waals surface area contributed by atoms with Crippen LogP contribution in [0, 0.1) is 5.41 Å². The quantitative estimate of drug-likeness (QED) is 0.724. The molecular weight excluding hydrogens is 428 g/mol. The van der Waals surface area contributed by atoms with Gasteiger partial charge in [0.05, 0.1) is 24.2 Å². The van der Waals surface area contributed by atoms with E-state index in [0.29, 0.717) is 42.5 Å². The first kappa shape index (κ1) is 22.1. The van der Waals surface area contributed by atoms with Gasteiger partial charge in [-0.15, -0.1) is 11.3 Å². The SMILES string of the molecule is COc1ccccc1NC(=O)N1CCC2(CCN(C(=O)CNC(=O)c3cccs3)C2)CC1. The Labute approximate surface area is 191 Å². The van der Waals surface area contributed by atoms with Gasteiger partial charge in [0.2, 0.25) is 5.91 Å². The van der Waals surface area contributed by atoms with Crippen LogP contribution in [-0.2, 0) is 4.79 Å². The standard InChI is InChI=1S/C23H28N4O4S/c1-31-18-6-3-2-5-17(18)25-22(30)26-11-8-23(9-12-26)10-13-27(16-23)20(28)15-24-21(29)19-7-4-14-32-19/h2-7,14H,8-13,15-16H2,1H3,(H,24,29)(H,25,30). The summed E-state index contributed by atoms with van der Waals surface area (Å²) in [6.07, 6.45) is 2.65. The summed E-state index contributed by atoms with van der Waals surface area (Å²) < 4.78 is 5.30. The molecule has 1 aromatic carbocycles. The number of benzene rings is 1. The van der Waals surface area contributed by atoms with Gasteiger partial charge in [0.25, 0.3) is 5.91 Å². The number of carbonyl (C=O) groups is 3. The Morgan fingerprint density at radius 1 is 1.03 bits per heavy atom. The van der Waals surface area contributed by atoms with E-state index in [1.54, 1.807) is 13.2 Å². The lowest BCUT2D eigenvalue weighted by molar-refractivity contribution is -0.129. The lowest BCUT2D eigenvalue weighted by Crippen LogP contribution is -2.46. The Morgan fingerprint density at radius 3 is 2.44 bits per heavy atom. The van der Waals surface area contributed by atoms with Gasteiger partial charge in [-0.1, -0.05) is 18.2 Å². The minimum Gasteiger partial charge on any atom is -0.495 e. The van der Waals surface area contributed by atoms with Crippen LogP contribution >= 0.6 is 11.3 Å². The van der Waals surface area contributed by atoms with Crippen LogP contribution in [-0.4, -0.2) is 67.5 Å². The van der Waals surface area contributed by atoms with Gasteiger partial charge in [-0.2, -0.15) is 0 Å². The molecule has 8 nitrogen and oxygen atoms in total. The largest absolute Gasteiger partial charge is 0.495 e. The number of hydrogen-bond acceptors (Lipinski definition) is 5. The normalized spacial score (nSPS) is 17.3. The molecule has 1 aromatic heterocycles. The second kappa shape index (κ2) is 9.60. The molecule has 2 N–H and O–H groups in total. The molecule has 2 aromatic rings. The van der Waals surface area contributed by atoms with Gasteiger partial charge in [0.15, 0.2) is 0 Å². The molecule has 32 heavy (non-hydrogen) atoms. The van der Waals surface area contributed by atoms with E-state index in [4.69, 9.17) is 4.74 Å². The van der Waals surface area contributed by atoms with Crippen molar-refractivity contribution in [3.8, 4) is 5.75 Å². The van der Waals surface area contributed by atoms with Crippen molar-refractivity contribution in [3.05, 3.63) is 46.7 Å². The van der Waals surface area contributed by atoms with Crippen molar-refractivity contribution < 1.29 is 19.1 Å². The van der Waals surface area contributed by atoms with Crippen molar-refractivity contribution in [3.63, 3.8) is 0 Å². The molecule has 9 heteroatoms. The van der Waals surface area contributed by atoms with Crippen molar-refractivity contribution in [1.29, 1.82) is 0 Å². The molecule has 0 unspecified atom stereocenters. The summed E-state index contributed by atoms with van der Waals surface area (Å²) in [5, 5.41) is 7.49. The minimum absolute atomic E-state index is 0.0141. The predicted octanol–water partition coefficient (Wildman–Crippen LogP) is 3.03. The number of urea groups is 1. The molecule has 0 atom stereocenters. The number of nitrogens with one attached hydrogen (secondary N) is 2. The van der Waals surface area contributed by atoms with E-state index in [-0.39, 0.29) is 29.8 Å². The maximum atomic E-state index is 12.7. The van der Waals surface area contributed by atoms with E-state index in [0.717, 1.165) is 19.3 Å². The third-order valence-corrected chi connectivity index (χ3v) is 7.26. The topological polar surface area (TPSA) is 91.0 Å². The summed E-state index contributed by atoms with van der Waals surface area (Å²) in [6, 6.07) is 10.8. The average molecular weight is 457 g/mol. The number of methoxy groups -OCH3 is 1. The third kappa shape index (κ3) is 4.88. The smallest absolute Gasteiger partial charge is 0.321 e. The fraction of sp³-hybridized carbons (Fsp3) is 0.435. The second-order valence-electron chi connectivity index (χ2n) is 8.34. The van der Waals surface area contributed by atoms with Gasteiger partial charge in [-0.05, 0) is 48.3 Å². The fourth-order valence-corrected chi connectivity index (χ4v) is 5.09. The first-order valence-corrected chi connectivity index (χ1v) is 11.7. The van der Waals surface area contributed by atoms with Crippen molar-refractivity contribution in [2.24, 2.45) is 5.41 Å². The molecule has 2 fully saturated rings. The number of hydrogen-bond donors (Lipinski definition) is 2. The molecular formula is C23H28N4O4S. The molecule has 0 radical (unpaired) electrons. The zero-order valence-electron chi connectivity index (χ0n) is 18.1. The Balaban J connectivity index is 1.25. The van der Waals surface area contributed by atoms with Crippen LogP contribution in [0.4, 0.5) is 10.5 Å². The zero-order valence-corrected chi connectivity index (χ0v) is 19.0. The van der Waals surface area contributed by atoms with Gasteiger partial charge >= 0.3 is 6.03 Å². The highest BCUT2D eigenvalue weighted by Gasteiger charge is 2.42. The van der Waals surface area contributed by atoms with Crippen LogP contribution < -0.4 is 15.4 Å². The molecule has 4 rings (SSSR count). The van der Waals surface area contributed by atoms with E-state index < -0.39 is 0 Å². The number of para-hydroxylation sites is 2. The molecule has 3 heterocycles. The molecule has 1 spiro atoms. The summed E-state index contributed by atoms with van der Waals surface area (Å²) in [6.45, 7) is 2.69. The number of carbonyl (C=O) groups excluding carboxylic acids is 3. The number of thiophene rings is 1. The van der Waals surface area contributed by atoms with Crippen molar-refractivity contribution in [2.45, 2.75) is 19.3 Å². The number of likely N-dealkylation sites (tertiary alicyclic amines) is 2. The number of amides is 4. The maximum Gasteiger partial charge on any atom is 0.321 e. The molecule has 0 saturated carbocycles. The first-order valence-electron chi connectivity index (χ1n) is 10.8. The summed E-state index contributed by atoms with van der Waals surface area (Å²) in [4.78, 5) is 41.7. The molecule has 2 aliphatic heterocycles. The second-order valence-corrected chi connectivity index (χ2v) is 9.29. The van der Waals surface area contributed by atoms with E-state index in [2.05, 4.69) is 10.6 Å². The van der Waals surface area contributed by atoms with Crippen molar-refractivity contribution >= 4 is 34.9 Å². The average Bonchev–Trinajstić information content (AvgIpc) is 3.49.